The van der Waals surface area contributed by atoms with Crippen molar-refractivity contribution in [3.63, 3.8) is 0 Å². The number of nitrogens with one attached hydrogen (secondary N) is 1. The number of anilines is 2. The molecular weight excluding hydrogens is 254 g/mol. The van der Waals surface area contributed by atoms with Crippen molar-refractivity contribution in [3.8, 4) is 11.6 Å². The number of hydrogen-bond acceptors (Lipinski definition) is 5. The molecule has 0 spiro atoms. The van der Waals surface area contributed by atoms with Gasteiger partial charge >= 0.3 is 0 Å². The van der Waals surface area contributed by atoms with Crippen LogP contribution in [0.5, 0.6) is 11.6 Å². The molecule has 0 unspecified atom stereocenters. The van der Waals surface area contributed by atoms with Crippen LogP contribution in [0.1, 0.15) is 11.1 Å². The molecule has 3 N–H and O–H groups in total. The predicted octanol–water partition coefficient (Wildman–Crippen LogP) is 2.61. The number of hydrogen-bond donors (Lipinski definition) is 2. The van der Waals surface area contributed by atoms with Crippen molar-refractivity contribution in [1.29, 1.82) is 0 Å². The van der Waals surface area contributed by atoms with Gasteiger partial charge in [0.1, 0.15) is 11.6 Å². The van der Waals surface area contributed by atoms with Gasteiger partial charge in [0.05, 0.1) is 19.9 Å². The Morgan fingerprint density at radius 2 is 1.95 bits per heavy atom. The van der Waals surface area contributed by atoms with E-state index in [-0.39, 0.29) is 0 Å². The summed E-state index contributed by atoms with van der Waals surface area (Å²) in [7, 11) is 3.23. The normalized spacial score (nSPS) is 10.2. The van der Waals surface area contributed by atoms with Gasteiger partial charge in [-0.1, -0.05) is 12.1 Å². The number of ether oxygens (including phenoxy) is 2. The van der Waals surface area contributed by atoms with Gasteiger partial charge in [-0.3, -0.25) is 0 Å². The van der Waals surface area contributed by atoms with Crippen LogP contribution in [0.25, 0.3) is 0 Å². The molecule has 0 aliphatic rings. The summed E-state index contributed by atoms with van der Waals surface area (Å²) in [5.41, 5.74) is 8.55. The lowest BCUT2D eigenvalue weighted by molar-refractivity contribution is 0.398. The lowest BCUT2D eigenvalue weighted by Gasteiger charge is -2.14. The fourth-order valence-electron chi connectivity index (χ4n) is 1.86. The molecule has 0 saturated heterocycles. The van der Waals surface area contributed by atoms with E-state index in [1.165, 1.54) is 0 Å². The lowest BCUT2D eigenvalue weighted by atomic mass is 10.1. The highest BCUT2D eigenvalue weighted by Crippen LogP contribution is 2.29. The van der Waals surface area contributed by atoms with Crippen LogP contribution in [0.2, 0.25) is 0 Å². The standard InChI is InChI=1S/C15H19N3O2/c1-10-4-7-14(20-3)18-15(10)17-12-8-11(9-16)5-6-13(12)19-2/h4-8H,9,16H2,1-3H3,(H,17,18). The smallest absolute Gasteiger partial charge is 0.214 e. The molecule has 20 heavy (non-hydrogen) atoms. The maximum atomic E-state index is 5.67. The third-order valence-electron chi connectivity index (χ3n) is 3.03. The molecule has 5 nitrogen and oxygen atoms in total. The van der Waals surface area contributed by atoms with Gasteiger partial charge in [-0.15, -0.1) is 0 Å². The van der Waals surface area contributed by atoms with E-state index >= 15 is 0 Å². The summed E-state index contributed by atoms with van der Waals surface area (Å²) in [4.78, 5) is 4.40. The van der Waals surface area contributed by atoms with Crippen LogP contribution >= 0.6 is 0 Å². The Morgan fingerprint density at radius 1 is 1.15 bits per heavy atom. The molecule has 0 bridgehead atoms. The van der Waals surface area contributed by atoms with Gasteiger partial charge in [-0.25, -0.2) is 0 Å². The molecule has 106 valence electrons. The van der Waals surface area contributed by atoms with E-state index in [0.29, 0.717) is 12.4 Å². The van der Waals surface area contributed by atoms with Gasteiger partial charge in [-0.2, -0.15) is 4.98 Å². The van der Waals surface area contributed by atoms with Crippen molar-refractivity contribution in [2.45, 2.75) is 13.5 Å². The van der Waals surface area contributed by atoms with Crippen LogP contribution in [0.15, 0.2) is 30.3 Å². The van der Waals surface area contributed by atoms with Crippen LogP contribution < -0.4 is 20.5 Å². The van der Waals surface area contributed by atoms with Crippen molar-refractivity contribution in [3.05, 3.63) is 41.5 Å². The number of benzene rings is 1. The summed E-state index contributed by atoms with van der Waals surface area (Å²) in [6.07, 6.45) is 0. The van der Waals surface area contributed by atoms with E-state index in [0.717, 1.165) is 28.4 Å². The Kier molecular flexibility index (Phi) is 4.42. The average molecular weight is 273 g/mol. The summed E-state index contributed by atoms with van der Waals surface area (Å²) in [6, 6.07) is 9.57. The summed E-state index contributed by atoms with van der Waals surface area (Å²) in [5, 5.41) is 3.27. The zero-order valence-electron chi connectivity index (χ0n) is 11.9. The van der Waals surface area contributed by atoms with Crippen LogP contribution in [0.4, 0.5) is 11.5 Å². The number of methoxy groups -OCH3 is 2. The Balaban J connectivity index is 2.38. The number of nitrogens with two attached hydrogens (primary N) is 1. The second-order valence-corrected chi connectivity index (χ2v) is 4.38. The first-order valence-corrected chi connectivity index (χ1v) is 6.33. The first-order chi connectivity index (χ1) is 9.67. The van der Waals surface area contributed by atoms with Gasteiger partial charge in [-0.05, 0) is 30.2 Å². The SMILES string of the molecule is COc1ccc(C)c(Nc2cc(CN)ccc2OC)n1. The van der Waals surface area contributed by atoms with Crippen molar-refractivity contribution >= 4 is 11.5 Å². The quantitative estimate of drug-likeness (QED) is 0.876. The molecule has 1 aromatic heterocycles. The highest BCUT2D eigenvalue weighted by atomic mass is 16.5. The van der Waals surface area contributed by atoms with Crippen LogP contribution in [0.3, 0.4) is 0 Å². The van der Waals surface area contributed by atoms with E-state index in [2.05, 4.69) is 10.3 Å². The molecule has 0 aliphatic heterocycles. The first-order valence-electron chi connectivity index (χ1n) is 6.33. The molecule has 0 aliphatic carbocycles. The minimum absolute atomic E-state index is 0.475. The summed E-state index contributed by atoms with van der Waals surface area (Å²) < 4.78 is 10.5. The van der Waals surface area contributed by atoms with Crippen LogP contribution in [-0.2, 0) is 6.54 Å². The summed E-state index contributed by atoms with van der Waals surface area (Å²) in [5.74, 6) is 2.04. The average Bonchev–Trinajstić information content (AvgIpc) is 2.49. The third-order valence-corrected chi connectivity index (χ3v) is 3.03. The number of pyridine rings is 1. The second kappa shape index (κ2) is 6.25. The fraction of sp³-hybridized carbons (Fsp3) is 0.267. The molecule has 0 amide bonds. The van der Waals surface area contributed by atoms with Gasteiger partial charge < -0.3 is 20.5 Å². The maximum Gasteiger partial charge on any atom is 0.214 e. The molecule has 0 radical (unpaired) electrons. The Hall–Kier alpha value is -2.27. The summed E-state index contributed by atoms with van der Waals surface area (Å²) >= 11 is 0. The van der Waals surface area contributed by atoms with Crippen molar-refractivity contribution < 1.29 is 9.47 Å². The fourth-order valence-corrected chi connectivity index (χ4v) is 1.86. The Morgan fingerprint density at radius 3 is 2.60 bits per heavy atom. The number of aromatic nitrogens is 1. The zero-order chi connectivity index (χ0) is 14.5. The van der Waals surface area contributed by atoms with E-state index < -0.39 is 0 Å². The summed E-state index contributed by atoms with van der Waals surface area (Å²) in [6.45, 7) is 2.46. The largest absolute Gasteiger partial charge is 0.495 e. The Bertz CT molecular complexity index is 600. The van der Waals surface area contributed by atoms with Gasteiger partial charge in [0, 0.05) is 12.6 Å². The van der Waals surface area contributed by atoms with E-state index in [1.807, 2.05) is 37.3 Å². The topological polar surface area (TPSA) is 69.4 Å². The Labute approximate surface area is 118 Å². The van der Waals surface area contributed by atoms with E-state index in [4.69, 9.17) is 15.2 Å². The molecule has 0 fully saturated rings. The van der Waals surface area contributed by atoms with E-state index in [9.17, 15) is 0 Å². The number of nitrogens with zero attached hydrogens (tertiary/aromatic N) is 1. The van der Waals surface area contributed by atoms with Gasteiger partial charge in [0.15, 0.2) is 0 Å². The zero-order valence-corrected chi connectivity index (χ0v) is 11.9. The minimum Gasteiger partial charge on any atom is -0.495 e. The molecule has 0 saturated carbocycles. The molecule has 2 aromatic rings. The number of rotatable bonds is 5. The molecule has 1 heterocycles. The molecular formula is C15H19N3O2. The molecule has 5 heteroatoms. The lowest BCUT2D eigenvalue weighted by Crippen LogP contribution is -2.02. The van der Waals surface area contributed by atoms with Crippen molar-refractivity contribution in [2.75, 3.05) is 19.5 Å². The third kappa shape index (κ3) is 3.00. The molecule has 0 atom stereocenters. The van der Waals surface area contributed by atoms with E-state index in [1.54, 1.807) is 14.2 Å². The second-order valence-electron chi connectivity index (χ2n) is 4.38. The van der Waals surface area contributed by atoms with Crippen molar-refractivity contribution in [2.24, 2.45) is 5.73 Å². The van der Waals surface area contributed by atoms with Crippen LogP contribution in [-0.4, -0.2) is 19.2 Å². The highest BCUT2D eigenvalue weighted by Gasteiger charge is 2.08. The minimum atomic E-state index is 0.475. The van der Waals surface area contributed by atoms with Gasteiger partial charge in [0.25, 0.3) is 0 Å². The number of aryl methyl sites for hydroxylation is 1. The molecule has 2 rings (SSSR count). The monoisotopic (exact) mass is 273 g/mol. The first kappa shape index (κ1) is 14.1. The van der Waals surface area contributed by atoms with Crippen LogP contribution in [0, 0.1) is 6.92 Å². The maximum absolute atomic E-state index is 5.67. The molecule has 1 aromatic carbocycles. The highest BCUT2D eigenvalue weighted by molar-refractivity contribution is 5.67. The van der Waals surface area contributed by atoms with Crippen molar-refractivity contribution in [1.82, 2.24) is 4.98 Å². The van der Waals surface area contributed by atoms with Gasteiger partial charge in [0.2, 0.25) is 5.88 Å². The predicted molar refractivity (Wildman–Crippen MR) is 79.7 cm³/mol.